The molecule has 1 unspecified atom stereocenters. The number of rotatable bonds is 4. The maximum absolute atomic E-state index is 6.16. The minimum Gasteiger partial charge on any atom is -0.362 e. The van der Waals surface area contributed by atoms with Crippen LogP contribution in [-0.2, 0) is 6.54 Å². The summed E-state index contributed by atoms with van der Waals surface area (Å²) in [7, 11) is 0. The predicted molar refractivity (Wildman–Crippen MR) is 119 cm³/mol. The lowest BCUT2D eigenvalue weighted by molar-refractivity contribution is 0.215. The van der Waals surface area contributed by atoms with Crippen molar-refractivity contribution in [2.75, 3.05) is 24.5 Å². The molecule has 0 aliphatic carbocycles. The van der Waals surface area contributed by atoms with Crippen molar-refractivity contribution in [3.05, 3.63) is 100 Å². The number of nitrogens with zero attached hydrogens (tertiary/aromatic N) is 2. The molecular weight excluding hydrogens is 364 g/mol. The first-order chi connectivity index (χ1) is 13.6. The third kappa shape index (κ3) is 4.24. The van der Waals surface area contributed by atoms with Crippen molar-refractivity contribution >= 4 is 17.3 Å². The van der Waals surface area contributed by atoms with Crippen LogP contribution >= 0.6 is 11.6 Å². The normalized spacial score (nSPS) is 17.7. The molecule has 0 spiro atoms. The van der Waals surface area contributed by atoms with Gasteiger partial charge in [0.25, 0.3) is 0 Å². The first-order valence-corrected chi connectivity index (χ1v) is 10.3. The second-order valence-corrected chi connectivity index (χ2v) is 8.21. The molecule has 1 fully saturated rings. The van der Waals surface area contributed by atoms with Gasteiger partial charge < -0.3 is 4.90 Å². The molecule has 1 saturated heterocycles. The first kappa shape index (κ1) is 19.0. The summed E-state index contributed by atoms with van der Waals surface area (Å²) in [5.74, 6) is 0. The lowest BCUT2D eigenvalue weighted by Gasteiger charge is -2.44. The standard InChI is InChI=1S/C25H27ClN2/c1-19-8-13-24(20(2)16-19)28-15-14-27(17-21-6-4-3-5-7-21)18-25(28)22-9-11-23(26)12-10-22/h3-13,16,25H,14-15,17-18H2,1-2H3. The van der Waals surface area contributed by atoms with Crippen molar-refractivity contribution in [1.29, 1.82) is 0 Å². The van der Waals surface area contributed by atoms with E-state index in [-0.39, 0.29) is 0 Å². The van der Waals surface area contributed by atoms with Gasteiger partial charge in [0.1, 0.15) is 0 Å². The Balaban J connectivity index is 1.63. The highest BCUT2D eigenvalue weighted by Crippen LogP contribution is 2.34. The zero-order valence-electron chi connectivity index (χ0n) is 16.6. The fourth-order valence-corrected chi connectivity index (χ4v) is 4.34. The van der Waals surface area contributed by atoms with E-state index in [1.165, 1.54) is 27.9 Å². The molecule has 28 heavy (non-hydrogen) atoms. The molecule has 0 radical (unpaired) electrons. The summed E-state index contributed by atoms with van der Waals surface area (Å²) >= 11 is 6.16. The summed E-state index contributed by atoms with van der Waals surface area (Å²) in [6.07, 6.45) is 0. The van der Waals surface area contributed by atoms with Gasteiger partial charge in [0, 0.05) is 36.9 Å². The van der Waals surface area contributed by atoms with Crippen LogP contribution in [0.3, 0.4) is 0 Å². The molecule has 4 rings (SSSR count). The van der Waals surface area contributed by atoms with E-state index in [0.29, 0.717) is 6.04 Å². The number of hydrogen-bond acceptors (Lipinski definition) is 2. The summed E-state index contributed by atoms with van der Waals surface area (Å²) in [6, 6.07) is 26.2. The second kappa shape index (κ2) is 8.38. The van der Waals surface area contributed by atoms with Crippen molar-refractivity contribution in [1.82, 2.24) is 4.90 Å². The quantitative estimate of drug-likeness (QED) is 0.537. The van der Waals surface area contributed by atoms with Crippen LogP contribution in [0.25, 0.3) is 0 Å². The van der Waals surface area contributed by atoms with Gasteiger partial charge in [-0.1, -0.05) is 71.8 Å². The van der Waals surface area contributed by atoms with Gasteiger partial charge in [0.2, 0.25) is 0 Å². The molecule has 1 aliphatic rings. The maximum Gasteiger partial charge on any atom is 0.0670 e. The van der Waals surface area contributed by atoms with Crippen molar-refractivity contribution in [3.63, 3.8) is 0 Å². The number of benzene rings is 3. The highest BCUT2D eigenvalue weighted by molar-refractivity contribution is 6.30. The van der Waals surface area contributed by atoms with Crippen LogP contribution in [0.2, 0.25) is 5.02 Å². The zero-order chi connectivity index (χ0) is 19.5. The molecule has 0 N–H and O–H groups in total. The molecule has 3 aromatic rings. The molecule has 1 heterocycles. The van der Waals surface area contributed by atoms with Crippen LogP contribution in [0.15, 0.2) is 72.8 Å². The van der Waals surface area contributed by atoms with E-state index in [1.807, 2.05) is 12.1 Å². The number of anilines is 1. The van der Waals surface area contributed by atoms with Gasteiger partial charge in [-0.2, -0.15) is 0 Å². The topological polar surface area (TPSA) is 6.48 Å². The summed E-state index contributed by atoms with van der Waals surface area (Å²) in [5, 5.41) is 0.791. The average Bonchev–Trinajstić information content (AvgIpc) is 2.70. The molecule has 0 saturated carbocycles. The van der Waals surface area contributed by atoms with Crippen LogP contribution in [0.1, 0.15) is 28.3 Å². The monoisotopic (exact) mass is 390 g/mol. The Kier molecular flexibility index (Phi) is 5.70. The Bertz CT molecular complexity index is 921. The number of halogens is 1. The lowest BCUT2D eigenvalue weighted by Crippen LogP contribution is -2.48. The van der Waals surface area contributed by atoms with Gasteiger partial charge in [-0.05, 0) is 48.7 Å². The molecular formula is C25H27ClN2. The number of hydrogen-bond donors (Lipinski definition) is 0. The lowest BCUT2D eigenvalue weighted by atomic mass is 9.99. The van der Waals surface area contributed by atoms with E-state index < -0.39 is 0 Å². The third-order valence-electron chi connectivity index (χ3n) is 5.63. The third-order valence-corrected chi connectivity index (χ3v) is 5.88. The summed E-state index contributed by atoms with van der Waals surface area (Å²) in [6.45, 7) is 8.45. The fraction of sp³-hybridized carbons (Fsp3) is 0.280. The van der Waals surface area contributed by atoms with Gasteiger partial charge in [-0.15, -0.1) is 0 Å². The Morgan fingerprint density at radius 1 is 0.893 bits per heavy atom. The van der Waals surface area contributed by atoms with Crippen LogP contribution in [0, 0.1) is 13.8 Å². The Hall–Kier alpha value is -2.29. The van der Waals surface area contributed by atoms with Gasteiger partial charge in [0.05, 0.1) is 6.04 Å². The Morgan fingerprint density at radius 3 is 2.36 bits per heavy atom. The minimum absolute atomic E-state index is 0.316. The summed E-state index contributed by atoms with van der Waals surface area (Å²) in [4.78, 5) is 5.13. The van der Waals surface area contributed by atoms with E-state index in [0.717, 1.165) is 31.2 Å². The number of piperazine rings is 1. The first-order valence-electron chi connectivity index (χ1n) is 9.96. The molecule has 2 nitrogen and oxygen atoms in total. The van der Waals surface area contributed by atoms with E-state index in [9.17, 15) is 0 Å². The predicted octanol–water partition coefficient (Wildman–Crippen LogP) is 6.02. The average molecular weight is 391 g/mol. The van der Waals surface area contributed by atoms with E-state index in [2.05, 4.69) is 84.3 Å². The summed E-state index contributed by atoms with van der Waals surface area (Å²) < 4.78 is 0. The van der Waals surface area contributed by atoms with Gasteiger partial charge in [-0.25, -0.2) is 0 Å². The molecule has 1 atom stereocenters. The molecule has 0 amide bonds. The SMILES string of the molecule is Cc1ccc(N2CCN(Cc3ccccc3)CC2c2ccc(Cl)cc2)c(C)c1. The van der Waals surface area contributed by atoms with Crippen LogP contribution in [0.4, 0.5) is 5.69 Å². The molecule has 3 aromatic carbocycles. The van der Waals surface area contributed by atoms with E-state index in [4.69, 9.17) is 11.6 Å². The van der Waals surface area contributed by atoms with Gasteiger partial charge in [0.15, 0.2) is 0 Å². The zero-order valence-corrected chi connectivity index (χ0v) is 17.4. The highest BCUT2D eigenvalue weighted by Gasteiger charge is 2.29. The highest BCUT2D eigenvalue weighted by atomic mass is 35.5. The van der Waals surface area contributed by atoms with Gasteiger partial charge in [-0.3, -0.25) is 4.90 Å². The summed E-state index contributed by atoms with van der Waals surface area (Å²) in [5.41, 5.74) is 6.69. The van der Waals surface area contributed by atoms with Crippen LogP contribution in [0.5, 0.6) is 0 Å². The largest absolute Gasteiger partial charge is 0.362 e. The smallest absolute Gasteiger partial charge is 0.0670 e. The molecule has 3 heteroatoms. The number of aryl methyl sites for hydroxylation is 2. The Morgan fingerprint density at radius 2 is 1.64 bits per heavy atom. The van der Waals surface area contributed by atoms with Crippen molar-refractivity contribution in [2.45, 2.75) is 26.4 Å². The Labute approximate surface area is 173 Å². The van der Waals surface area contributed by atoms with Crippen LogP contribution < -0.4 is 4.90 Å². The van der Waals surface area contributed by atoms with E-state index >= 15 is 0 Å². The second-order valence-electron chi connectivity index (χ2n) is 7.77. The van der Waals surface area contributed by atoms with Crippen molar-refractivity contribution in [3.8, 4) is 0 Å². The molecule has 0 bridgehead atoms. The van der Waals surface area contributed by atoms with Crippen molar-refractivity contribution in [2.24, 2.45) is 0 Å². The van der Waals surface area contributed by atoms with Gasteiger partial charge >= 0.3 is 0 Å². The van der Waals surface area contributed by atoms with E-state index in [1.54, 1.807) is 0 Å². The fourth-order valence-electron chi connectivity index (χ4n) is 4.21. The maximum atomic E-state index is 6.16. The molecule has 144 valence electrons. The molecule has 0 aromatic heterocycles. The minimum atomic E-state index is 0.316. The van der Waals surface area contributed by atoms with Crippen LogP contribution in [-0.4, -0.2) is 24.5 Å². The molecule has 1 aliphatic heterocycles. The van der Waals surface area contributed by atoms with Crippen molar-refractivity contribution < 1.29 is 0 Å².